The molecule has 3 aromatic rings. The van der Waals surface area contributed by atoms with Crippen molar-refractivity contribution in [3.8, 4) is 11.1 Å². The lowest BCUT2D eigenvalue weighted by molar-refractivity contribution is 0.1000. The van der Waals surface area contributed by atoms with Gasteiger partial charge in [0.15, 0.2) is 0 Å². The molecule has 0 saturated carbocycles. The van der Waals surface area contributed by atoms with Crippen LogP contribution >= 0.6 is 0 Å². The topological polar surface area (TPSA) is 48.0 Å². The van der Waals surface area contributed by atoms with Crippen LogP contribution in [0.2, 0.25) is 0 Å². The average Bonchev–Trinajstić information content (AvgIpc) is 3.26. The lowest BCUT2D eigenvalue weighted by Crippen LogP contribution is -2.15. The van der Waals surface area contributed by atoms with Gasteiger partial charge in [-0.3, -0.25) is 4.79 Å². The van der Waals surface area contributed by atoms with Crippen LogP contribution < -0.4 is 5.73 Å². The normalized spacial score (nSPS) is 15.4. The van der Waals surface area contributed by atoms with E-state index in [9.17, 15) is 9.18 Å². The van der Waals surface area contributed by atoms with Crippen molar-refractivity contribution in [2.45, 2.75) is 58.4 Å². The Balaban J connectivity index is 1.96. The minimum Gasteiger partial charge on any atom is -0.366 e. The highest BCUT2D eigenvalue weighted by Gasteiger charge is 2.31. The fourth-order valence-corrected chi connectivity index (χ4v) is 5.04. The largest absolute Gasteiger partial charge is 0.366 e. The first-order chi connectivity index (χ1) is 14.5. The van der Waals surface area contributed by atoms with Crippen LogP contribution in [0.1, 0.15) is 71.5 Å². The SMILES string of the molecule is CCCCCc1c(-c2cccc(F)c2)c(C(N)=O)c(C)n1C1CCc2ccccc21. The van der Waals surface area contributed by atoms with Gasteiger partial charge in [0.05, 0.1) is 11.6 Å². The van der Waals surface area contributed by atoms with Gasteiger partial charge in [-0.05, 0) is 61.4 Å². The van der Waals surface area contributed by atoms with E-state index in [0.29, 0.717) is 5.56 Å². The molecule has 0 bridgehead atoms. The number of halogens is 1. The Kier molecular flexibility index (Phi) is 5.76. The summed E-state index contributed by atoms with van der Waals surface area (Å²) in [7, 11) is 0. The molecule has 0 radical (unpaired) electrons. The number of carbonyl (C=O) groups excluding carboxylic acids is 1. The van der Waals surface area contributed by atoms with E-state index in [1.165, 1.54) is 23.3 Å². The van der Waals surface area contributed by atoms with Crippen molar-refractivity contribution < 1.29 is 9.18 Å². The summed E-state index contributed by atoms with van der Waals surface area (Å²) in [4.78, 5) is 12.6. The summed E-state index contributed by atoms with van der Waals surface area (Å²) >= 11 is 0. The lowest BCUT2D eigenvalue weighted by Gasteiger charge is -2.21. The first-order valence-electron chi connectivity index (χ1n) is 10.9. The maximum atomic E-state index is 14.1. The Labute approximate surface area is 177 Å². The number of aromatic nitrogens is 1. The summed E-state index contributed by atoms with van der Waals surface area (Å²) in [6, 6.07) is 15.2. The molecule has 1 aromatic heterocycles. The van der Waals surface area contributed by atoms with Gasteiger partial charge in [-0.25, -0.2) is 4.39 Å². The number of carbonyl (C=O) groups is 1. The quantitative estimate of drug-likeness (QED) is 0.485. The summed E-state index contributed by atoms with van der Waals surface area (Å²) in [6.45, 7) is 4.16. The zero-order valence-electron chi connectivity index (χ0n) is 17.7. The number of hydrogen-bond donors (Lipinski definition) is 1. The number of rotatable bonds is 7. The number of fused-ring (bicyclic) bond motifs is 1. The van der Waals surface area contributed by atoms with Gasteiger partial charge in [-0.2, -0.15) is 0 Å². The molecule has 1 unspecified atom stereocenters. The van der Waals surface area contributed by atoms with Crippen molar-refractivity contribution in [1.82, 2.24) is 4.57 Å². The first-order valence-corrected chi connectivity index (χ1v) is 10.9. The van der Waals surface area contributed by atoms with Crippen LogP contribution in [0.5, 0.6) is 0 Å². The molecule has 0 aliphatic heterocycles. The summed E-state index contributed by atoms with van der Waals surface area (Å²) in [6.07, 6.45) is 6.11. The predicted molar refractivity (Wildman–Crippen MR) is 119 cm³/mol. The number of primary amides is 1. The smallest absolute Gasteiger partial charge is 0.251 e. The number of unbranched alkanes of at least 4 members (excludes halogenated alkanes) is 2. The third-order valence-corrected chi connectivity index (χ3v) is 6.34. The van der Waals surface area contributed by atoms with E-state index >= 15 is 0 Å². The van der Waals surface area contributed by atoms with Crippen LogP contribution in [0.3, 0.4) is 0 Å². The zero-order valence-corrected chi connectivity index (χ0v) is 17.7. The Morgan fingerprint density at radius 1 is 1.17 bits per heavy atom. The Bertz CT molecular complexity index is 1080. The molecule has 1 aliphatic rings. The third-order valence-electron chi connectivity index (χ3n) is 6.34. The summed E-state index contributed by atoms with van der Waals surface area (Å²) < 4.78 is 16.4. The first kappa shape index (κ1) is 20.4. The molecule has 1 aliphatic carbocycles. The van der Waals surface area contributed by atoms with Crippen LogP contribution in [0.15, 0.2) is 48.5 Å². The van der Waals surface area contributed by atoms with Crippen molar-refractivity contribution in [3.63, 3.8) is 0 Å². The van der Waals surface area contributed by atoms with Crippen LogP contribution in [-0.4, -0.2) is 10.5 Å². The summed E-state index contributed by atoms with van der Waals surface area (Å²) in [5, 5.41) is 0. The molecule has 156 valence electrons. The molecule has 2 aromatic carbocycles. The van der Waals surface area contributed by atoms with Gasteiger partial charge in [0.2, 0.25) is 0 Å². The second-order valence-corrected chi connectivity index (χ2v) is 8.24. The molecule has 0 saturated heterocycles. The van der Waals surface area contributed by atoms with Gasteiger partial charge in [0.25, 0.3) is 5.91 Å². The maximum Gasteiger partial charge on any atom is 0.251 e. The Morgan fingerprint density at radius 2 is 1.97 bits per heavy atom. The Morgan fingerprint density at radius 3 is 2.70 bits per heavy atom. The lowest BCUT2D eigenvalue weighted by atomic mass is 9.97. The van der Waals surface area contributed by atoms with Crippen LogP contribution in [0, 0.1) is 12.7 Å². The van der Waals surface area contributed by atoms with Gasteiger partial charge in [0.1, 0.15) is 5.82 Å². The van der Waals surface area contributed by atoms with Gasteiger partial charge in [-0.15, -0.1) is 0 Å². The number of nitrogens with zero attached hydrogens (tertiary/aromatic N) is 1. The molecule has 2 N–H and O–H groups in total. The van der Waals surface area contributed by atoms with E-state index in [0.717, 1.165) is 61.0 Å². The van der Waals surface area contributed by atoms with Crippen molar-refractivity contribution in [2.75, 3.05) is 0 Å². The minimum absolute atomic E-state index is 0.179. The third kappa shape index (κ3) is 3.55. The minimum atomic E-state index is -0.450. The molecular weight excluding hydrogens is 375 g/mol. The van der Waals surface area contributed by atoms with Gasteiger partial charge in [0, 0.05) is 17.0 Å². The van der Waals surface area contributed by atoms with E-state index < -0.39 is 5.91 Å². The molecule has 4 heteroatoms. The number of nitrogens with two attached hydrogens (primary N) is 1. The van der Waals surface area contributed by atoms with Crippen molar-refractivity contribution >= 4 is 5.91 Å². The highest BCUT2D eigenvalue weighted by molar-refractivity contribution is 6.02. The van der Waals surface area contributed by atoms with Gasteiger partial charge in [-0.1, -0.05) is 56.2 Å². The van der Waals surface area contributed by atoms with Crippen LogP contribution in [0.25, 0.3) is 11.1 Å². The van der Waals surface area contributed by atoms with E-state index in [2.05, 4.69) is 35.8 Å². The van der Waals surface area contributed by atoms with Crippen LogP contribution in [0.4, 0.5) is 4.39 Å². The fraction of sp³-hybridized carbons (Fsp3) is 0.346. The maximum absolute atomic E-state index is 14.1. The molecule has 30 heavy (non-hydrogen) atoms. The monoisotopic (exact) mass is 404 g/mol. The zero-order chi connectivity index (χ0) is 21.3. The average molecular weight is 405 g/mol. The molecular formula is C26H29FN2O. The number of amides is 1. The number of benzene rings is 2. The molecule has 1 heterocycles. The van der Waals surface area contributed by atoms with Crippen molar-refractivity contribution in [1.29, 1.82) is 0 Å². The van der Waals surface area contributed by atoms with E-state index in [-0.39, 0.29) is 11.9 Å². The second-order valence-electron chi connectivity index (χ2n) is 8.24. The predicted octanol–water partition coefficient (Wildman–Crippen LogP) is 5.97. The summed E-state index contributed by atoms with van der Waals surface area (Å²) in [5.41, 5.74) is 12.6. The van der Waals surface area contributed by atoms with E-state index in [1.54, 1.807) is 6.07 Å². The van der Waals surface area contributed by atoms with E-state index in [4.69, 9.17) is 5.73 Å². The second kappa shape index (κ2) is 8.47. The molecule has 1 amide bonds. The molecule has 1 atom stereocenters. The van der Waals surface area contributed by atoms with E-state index in [1.807, 2.05) is 13.0 Å². The molecule has 0 fully saturated rings. The van der Waals surface area contributed by atoms with Gasteiger partial charge < -0.3 is 10.3 Å². The number of hydrogen-bond acceptors (Lipinski definition) is 1. The Hall–Kier alpha value is -2.88. The molecule has 3 nitrogen and oxygen atoms in total. The molecule has 4 rings (SSSR count). The van der Waals surface area contributed by atoms with Crippen LogP contribution in [-0.2, 0) is 12.8 Å². The highest BCUT2D eigenvalue weighted by Crippen LogP contribution is 2.42. The highest BCUT2D eigenvalue weighted by atomic mass is 19.1. The van der Waals surface area contributed by atoms with Crippen molar-refractivity contribution in [2.24, 2.45) is 5.73 Å². The molecule has 0 spiro atoms. The standard InChI is InChI=1S/C26H29FN2O/c1-3-4-5-13-23-25(19-10-8-11-20(27)16-19)24(26(28)30)17(2)29(23)22-15-14-18-9-6-7-12-21(18)22/h6-12,16,22H,3-5,13-15H2,1-2H3,(H2,28,30). The van der Waals surface area contributed by atoms with Crippen molar-refractivity contribution in [3.05, 3.63) is 82.4 Å². The number of aryl methyl sites for hydroxylation is 1. The summed E-state index contributed by atoms with van der Waals surface area (Å²) in [5.74, 6) is -0.757. The van der Waals surface area contributed by atoms with Gasteiger partial charge >= 0.3 is 0 Å². The fourth-order valence-electron chi connectivity index (χ4n) is 5.04.